The number of ether oxygens (including phenoxy) is 1. The Labute approximate surface area is 171 Å². The van der Waals surface area contributed by atoms with Crippen molar-refractivity contribution in [1.82, 2.24) is 9.88 Å². The quantitative estimate of drug-likeness (QED) is 0.585. The average Bonchev–Trinajstić information content (AvgIpc) is 3.02. The van der Waals surface area contributed by atoms with Crippen LogP contribution in [0.1, 0.15) is 29.5 Å². The predicted molar refractivity (Wildman–Crippen MR) is 116 cm³/mol. The molecule has 1 aromatic heterocycles. The molecule has 4 heteroatoms. The minimum atomic E-state index is 0.379. The zero-order valence-electron chi connectivity index (χ0n) is 17.2. The van der Waals surface area contributed by atoms with Gasteiger partial charge in [0.2, 0.25) is 5.89 Å². The molecule has 2 unspecified atom stereocenters. The van der Waals surface area contributed by atoms with E-state index in [1.54, 1.807) is 0 Å². The lowest BCUT2D eigenvalue weighted by atomic mass is 9.81. The first kappa shape index (κ1) is 18.2. The molecule has 0 fully saturated rings. The second-order valence-corrected chi connectivity index (χ2v) is 8.21. The first-order chi connectivity index (χ1) is 14.1. The van der Waals surface area contributed by atoms with Crippen molar-refractivity contribution in [3.05, 3.63) is 71.3 Å². The zero-order valence-corrected chi connectivity index (χ0v) is 17.2. The van der Waals surface area contributed by atoms with Crippen LogP contribution < -0.4 is 4.74 Å². The van der Waals surface area contributed by atoms with Crippen LogP contribution in [-0.2, 0) is 6.54 Å². The monoisotopic (exact) mass is 386 g/mol. The number of aromatic nitrogens is 1. The van der Waals surface area contributed by atoms with Crippen LogP contribution in [0.15, 0.2) is 59.1 Å². The standard InChI is InChI=1S/C25H26N2O2/c1-16-7-4-5-8-19(16)20-9-6-10-21(17(20)2)25-26-22-13-18-15-27(3)11-12-28-23(18)14-24(22)29-25/h4-10,13-14,16,19H,11-12,15H2,1-3H3. The predicted octanol–water partition coefficient (Wildman–Crippen LogP) is 5.47. The molecule has 2 aromatic carbocycles. The van der Waals surface area contributed by atoms with Gasteiger partial charge in [-0.25, -0.2) is 4.98 Å². The minimum absolute atomic E-state index is 0.379. The molecule has 0 radical (unpaired) electrons. The van der Waals surface area contributed by atoms with Crippen molar-refractivity contribution in [2.45, 2.75) is 26.3 Å². The second kappa shape index (κ2) is 7.20. The summed E-state index contributed by atoms with van der Waals surface area (Å²) < 4.78 is 12.1. The van der Waals surface area contributed by atoms with Gasteiger partial charge in [-0.2, -0.15) is 0 Å². The van der Waals surface area contributed by atoms with Gasteiger partial charge in [-0.05, 0) is 43.1 Å². The average molecular weight is 386 g/mol. The summed E-state index contributed by atoms with van der Waals surface area (Å²) in [6.45, 7) is 6.91. The number of likely N-dealkylation sites (N-methyl/N-ethyl adjacent to an activating group) is 1. The molecule has 5 rings (SSSR count). The molecule has 2 aliphatic rings. The molecule has 1 aliphatic carbocycles. The summed E-state index contributed by atoms with van der Waals surface area (Å²) >= 11 is 0. The molecule has 3 aromatic rings. The molecular formula is C25H26N2O2. The fraction of sp³-hybridized carbons (Fsp3) is 0.320. The summed E-state index contributed by atoms with van der Waals surface area (Å²) in [7, 11) is 2.11. The number of nitrogens with zero attached hydrogens (tertiary/aromatic N) is 2. The molecule has 0 spiro atoms. The van der Waals surface area contributed by atoms with Gasteiger partial charge in [0.25, 0.3) is 0 Å². The molecule has 2 heterocycles. The summed E-state index contributed by atoms with van der Waals surface area (Å²) in [5.41, 5.74) is 6.45. The highest BCUT2D eigenvalue weighted by Gasteiger charge is 2.22. The summed E-state index contributed by atoms with van der Waals surface area (Å²) in [6, 6.07) is 10.5. The van der Waals surface area contributed by atoms with E-state index in [2.05, 4.69) is 74.4 Å². The lowest BCUT2D eigenvalue weighted by Crippen LogP contribution is -2.20. The molecule has 2 atom stereocenters. The number of rotatable bonds is 2. The maximum atomic E-state index is 6.20. The van der Waals surface area contributed by atoms with Crippen molar-refractivity contribution in [3.63, 3.8) is 0 Å². The van der Waals surface area contributed by atoms with Crippen molar-refractivity contribution in [2.24, 2.45) is 5.92 Å². The van der Waals surface area contributed by atoms with Crippen LogP contribution in [-0.4, -0.2) is 30.1 Å². The van der Waals surface area contributed by atoms with E-state index >= 15 is 0 Å². The maximum absolute atomic E-state index is 6.20. The smallest absolute Gasteiger partial charge is 0.227 e. The normalized spacial score (nSPS) is 21.8. The number of oxazole rings is 1. The highest BCUT2D eigenvalue weighted by atomic mass is 16.5. The first-order valence-corrected chi connectivity index (χ1v) is 10.3. The Hall–Kier alpha value is -2.85. The fourth-order valence-electron chi connectivity index (χ4n) is 4.40. The molecule has 0 N–H and O–H groups in total. The summed E-state index contributed by atoms with van der Waals surface area (Å²) in [6.07, 6.45) is 8.82. The molecule has 4 nitrogen and oxygen atoms in total. The van der Waals surface area contributed by atoms with Crippen LogP contribution in [0, 0.1) is 12.8 Å². The van der Waals surface area contributed by atoms with Gasteiger partial charge in [-0.15, -0.1) is 0 Å². The van der Waals surface area contributed by atoms with Gasteiger partial charge in [-0.3, -0.25) is 4.90 Å². The van der Waals surface area contributed by atoms with E-state index in [0.717, 1.165) is 41.1 Å². The Morgan fingerprint density at radius 2 is 2.00 bits per heavy atom. The van der Waals surface area contributed by atoms with Gasteiger partial charge in [0.1, 0.15) is 17.9 Å². The third-order valence-corrected chi connectivity index (χ3v) is 6.12. The molecular weight excluding hydrogens is 360 g/mol. The van der Waals surface area contributed by atoms with Gasteiger partial charge in [-0.1, -0.05) is 43.4 Å². The SMILES string of the molecule is Cc1c(-c2nc3cc4c(cc3o2)OCCN(C)C4)cccc1C1C=CC=CC1C. The van der Waals surface area contributed by atoms with E-state index in [4.69, 9.17) is 14.1 Å². The molecule has 0 amide bonds. The van der Waals surface area contributed by atoms with Crippen molar-refractivity contribution in [1.29, 1.82) is 0 Å². The Morgan fingerprint density at radius 3 is 2.86 bits per heavy atom. The Balaban J connectivity index is 1.57. The van der Waals surface area contributed by atoms with Crippen LogP contribution >= 0.6 is 0 Å². The third kappa shape index (κ3) is 3.28. The van der Waals surface area contributed by atoms with Gasteiger partial charge in [0.15, 0.2) is 5.58 Å². The number of hydrogen-bond acceptors (Lipinski definition) is 4. The van der Waals surface area contributed by atoms with Crippen molar-refractivity contribution in [3.8, 4) is 17.2 Å². The van der Waals surface area contributed by atoms with Crippen LogP contribution in [0.5, 0.6) is 5.75 Å². The summed E-state index contributed by atoms with van der Waals surface area (Å²) in [5.74, 6) is 2.44. The van der Waals surface area contributed by atoms with Gasteiger partial charge in [0.05, 0.1) is 0 Å². The first-order valence-electron chi connectivity index (χ1n) is 10.3. The fourth-order valence-corrected chi connectivity index (χ4v) is 4.40. The van der Waals surface area contributed by atoms with E-state index in [1.165, 1.54) is 11.1 Å². The van der Waals surface area contributed by atoms with E-state index in [1.807, 2.05) is 6.07 Å². The van der Waals surface area contributed by atoms with Crippen LogP contribution in [0.25, 0.3) is 22.6 Å². The van der Waals surface area contributed by atoms with Crippen LogP contribution in [0.4, 0.5) is 0 Å². The lowest BCUT2D eigenvalue weighted by molar-refractivity contribution is 0.259. The molecule has 1 aliphatic heterocycles. The second-order valence-electron chi connectivity index (χ2n) is 8.21. The van der Waals surface area contributed by atoms with Crippen molar-refractivity contribution < 1.29 is 9.15 Å². The van der Waals surface area contributed by atoms with Crippen LogP contribution in [0.3, 0.4) is 0 Å². The van der Waals surface area contributed by atoms with Crippen LogP contribution in [0.2, 0.25) is 0 Å². The zero-order chi connectivity index (χ0) is 20.0. The Kier molecular flexibility index (Phi) is 4.51. The maximum Gasteiger partial charge on any atom is 0.227 e. The van der Waals surface area contributed by atoms with E-state index in [9.17, 15) is 0 Å². The Bertz CT molecular complexity index is 1130. The minimum Gasteiger partial charge on any atom is -0.492 e. The summed E-state index contributed by atoms with van der Waals surface area (Å²) in [4.78, 5) is 7.10. The highest BCUT2D eigenvalue weighted by molar-refractivity contribution is 5.80. The lowest BCUT2D eigenvalue weighted by Gasteiger charge is -2.23. The molecule has 0 saturated carbocycles. The molecule has 148 valence electrons. The van der Waals surface area contributed by atoms with Crippen molar-refractivity contribution >= 4 is 11.1 Å². The Morgan fingerprint density at radius 1 is 1.14 bits per heavy atom. The number of benzene rings is 2. The van der Waals surface area contributed by atoms with Crippen molar-refractivity contribution in [2.75, 3.05) is 20.2 Å². The highest BCUT2D eigenvalue weighted by Crippen LogP contribution is 2.37. The largest absolute Gasteiger partial charge is 0.492 e. The number of hydrogen-bond donors (Lipinski definition) is 0. The summed E-state index contributed by atoms with van der Waals surface area (Å²) in [5, 5.41) is 0. The van der Waals surface area contributed by atoms with E-state index in [0.29, 0.717) is 24.3 Å². The number of fused-ring (bicyclic) bond motifs is 2. The topological polar surface area (TPSA) is 38.5 Å². The third-order valence-electron chi connectivity index (χ3n) is 6.12. The van der Waals surface area contributed by atoms with E-state index < -0.39 is 0 Å². The van der Waals surface area contributed by atoms with Gasteiger partial charge in [0, 0.05) is 36.2 Å². The number of allylic oxidation sites excluding steroid dienone is 4. The van der Waals surface area contributed by atoms with E-state index in [-0.39, 0.29) is 0 Å². The molecule has 29 heavy (non-hydrogen) atoms. The molecule has 0 bridgehead atoms. The van der Waals surface area contributed by atoms with Gasteiger partial charge < -0.3 is 9.15 Å². The van der Waals surface area contributed by atoms with Gasteiger partial charge >= 0.3 is 0 Å². The molecule has 0 saturated heterocycles.